The van der Waals surface area contributed by atoms with Gasteiger partial charge in [0.25, 0.3) is 13.4 Å². The van der Waals surface area contributed by atoms with E-state index in [1.165, 1.54) is 72.6 Å². The number of anilines is 12. The SMILES string of the molecule is c1ccc(N2c3ccccc3B3c4cc5c(cc4N(c4ccccc4)c4cccc2c43)N(c2ccccc2)c2cccc3c2B5c2cc4c(cc2N3c2ccccc2)oc2ccccc24)cc1. The predicted octanol–water partition coefficient (Wildman–Crippen LogP) is 11.8. The summed E-state index contributed by atoms with van der Waals surface area (Å²) in [6.45, 7) is -0.130. The Morgan fingerprint density at radius 3 is 1.16 bits per heavy atom. The first-order chi connectivity index (χ1) is 33.3. The quantitative estimate of drug-likeness (QED) is 0.164. The Bertz CT molecular complexity index is 3800. The van der Waals surface area contributed by atoms with Crippen molar-refractivity contribution in [3.05, 3.63) is 231 Å². The Hall–Kier alpha value is -8.67. The molecule has 0 N–H and O–H groups in total. The van der Waals surface area contributed by atoms with E-state index in [0.29, 0.717) is 0 Å². The average Bonchev–Trinajstić information content (AvgIpc) is 3.76. The van der Waals surface area contributed by atoms with Crippen LogP contribution >= 0.6 is 0 Å². The molecule has 0 unspecified atom stereocenters. The second-order valence-corrected chi connectivity index (χ2v) is 18.0. The summed E-state index contributed by atoms with van der Waals surface area (Å²) in [5.41, 5.74) is 23.4. The van der Waals surface area contributed by atoms with Crippen LogP contribution in [0.3, 0.4) is 0 Å². The van der Waals surface area contributed by atoms with Crippen molar-refractivity contribution in [1.29, 1.82) is 0 Å². The molecule has 11 aromatic rings. The Balaban J connectivity index is 1.07. The summed E-state index contributed by atoms with van der Waals surface area (Å²) in [5, 5.41) is 2.26. The molecule has 0 aliphatic carbocycles. The first kappa shape index (κ1) is 36.6. The van der Waals surface area contributed by atoms with Gasteiger partial charge in [0.15, 0.2) is 0 Å². The van der Waals surface area contributed by atoms with Crippen LogP contribution in [-0.4, -0.2) is 13.4 Å². The maximum atomic E-state index is 6.68. The molecule has 4 aliphatic rings. The summed E-state index contributed by atoms with van der Waals surface area (Å²) in [7, 11) is 0. The van der Waals surface area contributed by atoms with Crippen LogP contribution in [0.5, 0.6) is 0 Å². The molecular weight excluding hydrogens is 814 g/mol. The highest BCUT2D eigenvalue weighted by atomic mass is 16.3. The second-order valence-electron chi connectivity index (χ2n) is 18.0. The van der Waals surface area contributed by atoms with Crippen molar-refractivity contribution in [2.45, 2.75) is 0 Å². The number of benzene rings is 10. The highest BCUT2D eigenvalue weighted by molar-refractivity contribution is 7.03. The molecule has 0 saturated carbocycles. The minimum absolute atomic E-state index is 0.0337. The minimum Gasteiger partial charge on any atom is -0.456 e. The van der Waals surface area contributed by atoms with E-state index in [1.807, 2.05) is 0 Å². The molecule has 0 saturated heterocycles. The summed E-state index contributed by atoms with van der Waals surface area (Å²) < 4.78 is 6.68. The standard InChI is InChI=1S/C60H38B2N4O/c1-5-19-39(20-6-1)63-49-29-15-14-28-45(49)61-47-36-48-55(37-54(47)64(40-21-7-2-8-22-40)51-31-17-30-50(63)59(51)61)65(41-23-9-3-10-24-41)52-32-18-33-53-60(52)62(48)46-35-44-43-27-13-16-34-57(43)67-58(44)38-56(46)66(53)42-25-11-4-12-26-42/h1-38H. The van der Waals surface area contributed by atoms with E-state index in [9.17, 15) is 0 Å². The molecular formula is C60H38B2N4O. The fraction of sp³-hybridized carbons (Fsp3) is 0. The molecule has 4 aliphatic heterocycles. The van der Waals surface area contributed by atoms with E-state index in [4.69, 9.17) is 4.42 Å². The van der Waals surface area contributed by atoms with Crippen molar-refractivity contribution < 1.29 is 4.42 Å². The van der Waals surface area contributed by atoms with Crippen LogP contribution in [0.25, 0.3) is 21.9 Å². The van der Waals surface area contributed by atoms with Gasteiger partial charge in [-0.25, -0.2) is 0 Å². The van der Waals surface area contributed by atoms with E-state index in [-0.39, 0.29) is 13.4 Å². The molecule has 0 atom stereocenters. The Kier molecular flexibility index (Phi) is 7.61. The maximum Gasteiger partial charge on any atom is 0.252 e. The van der Waals surface area contributed by atoms with Gasteiger partial charge in [-0.05, 0) is 124 Å². The summed E-state index contributed by atoms with van der Waals surface area (Å²) in [4.78, 5) is 9.96. The lowest BCUT2D eigenvalue weighted by atomic mass is 9.30. The summed E-state index contributed by atoms with van der Waals surface area (Å²) in [6.07, 6.45) is 0. The molecule has 0 radical (unpaired) electrons. The molecule has 310 valence electrons. The monoisotopic (exact) mass is 852 g/mol. The fourth-order valence-corrected chi connectivity index (χ4v) is 11.9. The Morgan fingerprint density at radius 1 is 0.254 bits per heavy atom. The van der Waals surface area contributed by atoms with E-state index in [2.05, 4.69) is 250 Å². The van der Waals surface area contributed by atoms with Gasteiger partial charge in [0.05, 0.1) is 0 Å². The van der Waals surface area contributed by atoms with E-state index >= 15 is 0 Å². The first-order valence-electron chi connectivity index (χ1n) is 23.2. The summed E-state index contributed by atoms with van der Waals surface area (Å²) >= 11 is 0. The van der Waals surface area contributed by atoms with Crippen LogP contribution in [0.4, 0.5) is 68.2 Å². The molecule has 10 aromatic carbocycles. The number of rotatable bonds is 4. The number of nitrogens with zero attached hydrogens (tertiary/aromatic N) is 4. The molecule has 0 fully saturated rings. The molecule has 7 heteroatoms. The third kappa shape index (κ3) is 5.11. The van der Waals surface area contributed by atoms with Gasteiger partial charge >= 0.3 is 0 Å². The average molecular weight is 853 g/mol. The van der Waals surface area contributed by atoms with E-state index in [1.54, 1.807) is 0 Å². The molecule has 0 bridgehead atoms. The number of hydrogen-bond donors (Lipinski definition) is 0. The number of para-hydroxylation sites is 6. The van der Waals surface area contributed by atoms with Crippen LogP contribution in [0.15, 0.2) is 235 Å². The largest absolute Gasteiger partial charge is 0.456 e. The second kappa shape index (κ2) is 13.9. The van der Waals surface area contributed by atoms with Crippen molar-refractivity contribution in [3.8, 4) is 0 Å². The van der Waals surface area contributed by atoms with Gasteiger partial charge in [-0.1, -0.05) is 133 Å². The van der Waals surface area contributed by atoms with Crippen LogP contribution in [0.1, 0.15) is 0 Å². The molecule has 1 aromatic heterocycles. The summed E-state index contributed by atoms with van der Waals surface area (Å²) in [6, 6.07) is 84.6. The smallest absolute Gasteiger partial charge is 0.252 e. The van der Waals surface area contributed by atoms with Crippen molar-refractivity contribution in [2.24, 2.45) is 0 Å². The van der Waals surface area contributed by atoms with Gasteiger partial charge in [0.2, 0.25) is 0 Å². The molecule has 0 amide bonds. The summed E-state index contributed by atoms with van der Waals surface area (Å²) in [5.74, 6) is 0. The topological polar surface area (TPSA) is 26.1 Å². The lowest BCUT2D eigenvalue weighted by Gasteiger charge is -2.47. The number of furan rings is 1. The zero-order valence-corrected chi connectivity index (χ0v) is 36.3. The van der Waals surface area contributed by atoms with Gasteiger partial charge < -0.3 is 24.0 Å². The van der Waals surface area contributed by atoms with Gasteiger partial charge in [0, 0.05) is 85.1 Å². The maximum absolute atomic E-state index is 6.68. The highest BCUT2D eigenvalue weighted by Crippen LogP contribution is 2.49. The molecule has 15 rings (SSSR count). The van der Waals surface area contributed by atoms with Gasteiger partial charge in [0.1, 0.15) is 11.2 Å². The number of fused-ring (bicyclic) bond motifs is 11. The first-order valence-corrected chi connectivity index (χ1v) is 23.2. The highest BCUT2D eigenvalue weighted by Gasteiger charge is 2.48. The Morgan fingerprint density at radius 2 is 0.642 bits per heavy atom. The van der Waals surface area contributed by atoms with E-state index < -0.39 is 0 Å². The Labute approximate surface area is 389 Å². The third-order valence-corrected chi connectivity index (χ3v) is 14.6. The van der Waals surface area contributed by atoms with Gasteiger partial charge in [-0.3, -0.25) is 0 Å². The van der Waals surface area contributed by atoms with Crippen LogP contribution in [0, 0.1) is 0 Å². The molecule has 67 heavy (non-hydrogen) atoms. The van der Waals surface area contributed by atoms with Crippen molar-refractivity contribution >= 4 is 136 Å². The van der Waals surface area contributed by atoms with Crippen molar-refractivity contribution in [1.82, 2.24) is 0 Å². The lowest BCUT2D eigenvalue weighted by Crippen LogP contribution is -2.65. The van der Waals surface area contributed by atoms with Crippen LogP contribution in [0.2, 0.25) is 0 Å². The molecule has 5 nitrogen and oxygen atoms in total. The minimum atomic E-state index is -0.0963. The van der Waals surface area contributed by atoms with Crippen molar-refractivity contribution in [2.75, 3.05) is 19.6 Å². The van der Waals surface area contributed by atoms with Crippen molar-refractivity contribution in [3.63, 3.8) is 0 Å². The number of hydrogen-bond acceptors (Lipinski definition) is 5. The normalized spacial score (nSPS) is 13.8. The lowest BCUT2D eigenvalue weighted by molar-refractivity contribution is 0.669. The van der Waals surface area contributed by atoms with Gasteiger partial charge in [-0.2, -0.15) is 0 Å². The van der Waals surface area contributed by atoms with Crippen LogP contribution < -0.4 is 52.4 Å². The molecule has 0 spiro atoms. The van der Waals surface area contributed by atoms with E-state index in [0.717, 1.165) is 50.4 Å². The van der Waals surface area contributed by atoms with Gasteiger partial charge in [-0.15, -0.1) is 0 Å². The van der Waals surface area contributed by atoms with Crippen LogP contribution in [-0.2, 0) is 0 Å². The predicted molar refractivity (Wildman–Crippen MR) is 282 cm³/mol. The fourth-order valence-electron chi connectivity index (χ4n) is 11.9. The zero-order valence-electron chi connectivity index (χ0n) is 36.3. The zero-order chi connectivity index (χ0) is 43.7. The third-order valence-electron chi connectivity index (χ3n) is 14.6. The molecule has 5 heterocycles.